The molecule has 3 aliphatic rings. The van der Waals surface area contributed by atoms with Crippen LogP contribution in [0.4, 0.5) is 0 Å². The standard InChI is InChI=1S/C31H41ClN6O5S/c1-37(25-11-13-34-14-12-25)29(40)26-17-31(26,36-44(42,43)20-21-6-3-2-4-7-21)30(41)38-15-5-8-27(38)28(39)35-19-23-16-24(32)10-9-22(23)18-33/h2-4,6-7,9-10,16,25-27,34,36H,5,8,11-15,17-20,33H2,1H3,(H,35,39)/t26-,27+,31?/m1/s1. The number of nitrogens with zero attached hydrogens (tertiary/aromatic N) is 2. The van der Waals surface area contributed by atoms with Gasteiger partial charge in [-0.1, -0.05) is 48.0 Å². The van der Waals surface area contributed by atoms with Crippen molar-refractivity contribution >= 4 is 39.3 Å². The first kappa shape index (κ1) is 32.4. The Balaban J connectivity index is 1.36. The van der Waals surface area contributed by atoms with Gasteiger partial charge in [-0.25, -0.2) is 8.42 Å². The Hall–Kier alpha value is -3.03. The van der Waals surface area contributed by atoms with Crippen molar-refractivity contribution in [1.29, 1.82) is 0 Å². The summed E-state index contributed by atoms with van der Waals surface area (Å²) in [7, 11) is -2.30. The van der Waals surface area contributed by atoms with Gasteiger partial charge in [0.05, 0.1) is 11.7 Å². The first-order valence-corrected chi connectivity index (χ1v) is 17.2. The van der Waals surface area contributed by atoms with Crippen molar-refractivity contribution in [2.75, 3.05) is 26.7 Å². The van der Waals surface area contributed by atoms with Gasteiger partial charge in [0.15, 0.2) is 0 Å². The maximum atomic E-state index is 14.3. The molecule has 1 saturated carbocycles. The number of likely N-dealkylation sites (tertiary alicyclic amines) is 1. The van der Waals surface area contributed by atoms with E-state index < -0.39 is 33.4 Å². The Morgan fingerprint density at radius 1 is 1.09 bits per heavy atom. The van der Waals surface area contributed by atoms with Gasteiger partial charge in [-0.15, -0.1) is 0 Å². The second kappa shape index (κ2) is 13.5. The molecule has 2 aliphatic heterocycles. The Labute approximate surface area is 263 Å². The number of hydrogen-bond acceptors (Lipinski definition) is 7. The van der Waals surface area contributed by atoms with Gasteiger partial charge in [0.1, 0.15) is 11.6 Å². The number of amides is 3. The lowest BCUT2D eigenvalue weighted by atomic mass is 10.0. The highest BCUT2D eigenvalue weighted by Crippen LogP contribution is 2.48. The average molecular weight is 645 g/mol. The molecule has 2 saturated heterocycles. The van der Waals surface area contributed by atoms with Crippen LogP contribution in [0.2, 0.25) is 5.02 Å². The molecule has 0 aromatic heterocycles. The van der Waals surface area contributed by atoms with Crippen molar-refractivity contribution in [3.8, 4) is 0 Å². The molecule has 238 valence electrons. The first-order valence-electron chi connectivity index (χ1n) is 15.1. The number of rotatable bonds is 11. The smallest absolute Gasteiger partial charge is 0.245 e. The van der Waals surface area contributed by atoms with E-state index in [0.717, 1.165) is 37.1 Å². The van der Waals surface area contributed by atoms with Crippen LogP contribution in [-0.2, 0) is 43.2 Å². The van der Waals surface area contributed by atoms with Crippen LogP contribution in [0.15, 0.2) is 48.5 Å². The van der Waals surface area contributed by atoms with Crippen LogP contribution in [0.3, 0.4) is 0 Å². The first-order chi connectivity index (χ1) is 21.0. The zero-order chi connectivity index (χ0) is 31.5. The van der Waals surface area contributed by atoms with E-state index in [4.69, 9.17) is 17.3 Å². The molecule has 13 heteroatoms. The van der Waals surface area contributed by atoms with Crippen LogP contribution >= 0.6 is 11.6 Å². The number of piperidine rings is 1. The van der Waals surface area contributed by atoms with E-state index in [0.29, 0.717) is 23.4 Å². The second-order valence-corrected chi connectivity index (χ2v) is 14.2. The van der Waals surface area contributed by atoms with E-state index in [-0.39, 0.29) is 49.7 Å². The number of carbonyl (C=O) groups excluding carboxylic acids is 3. The molecule has 2 aromatic carbocycles. The summed E-state index contributed by atoms with van der Waals surface area (Å²) in [6.45, 7) is 2.32. The Bertz CT molecular complexity index is 1490. The van der Waals surface area contributed by atoms with E-state index in [1.54, 1.807) is 54.4 Å². The highest BCUT2D eigenvalue weighted by Gasteiger charge is 2.68. The lowest BCUT2D eigenvalue weighted by molar-refractivity contribution is -0.143. The number of benzene rings is 2. The fourth-order valence-corrected chi connectivity index (χ4v) is 8.24. The largest absolute Gasteiger partial charge is 0.350 e. The van der Waals surface area contributed by atoms with Crippen LogP contribution in [-0.4, -0.2) is 80.2 Å². The summed E-state index contributed by atoms with van der Waals surface area (Å²) >= 11 is 6.16. The summed E-state index contributed by atoms with van der Waals surface area (Å²) in [5.74, 6) is -2.34. The molecule has 0 bridgehead atoms. The normalized spacial score (nSPS) is 23.8. The number of nitrogens with one attached hydrogen (secondary N) is 3. The summed E-state index contributed by atoms with van der Waals surface area (Å²) < 4.78 is 29.6. The third-order valence-electron chi connectivity index (χ3n) is 9.04. The SMILES string of the molecule is CN(C(=O)[C@H]1CC1(NS(=O)(=O)Cc1ccccc1)C(=O)N1CCC[C@H]1C(=O)NCc1cc(Cl)ccc1CN)C1CCNCC1. The fraction of sp³-hybridized carbons (Fsp3) is 0.516. The van der Waals surface area contributed by atoms with Crippen molar-refractivity contribution in [2.45, 2.75) is 68.6 Å². The Morgan fingerprint density at radius 2 is 1.82 bits per heavy atom. The maximum Gasteiger partial charge on any atom is 0.245 e. The number of carbonyl (C=O) groups is 3. The van der Waals surface area contributed by atoms with Gasteiger partial charge in [-0.2, -0.15) is 4.72 Å². The molecule has 44 heavy (non-hydrogen) atoms. The highest BCUT2D eigenvalue weighted by molar-refractivity contribution is 7.88. The third kappa shape index (κ3) is 7.10. The minimum atomic E-state index is -4.02. The van der Waals surface area contributed by atoms with Crippen molar-refractivity contribution in [2.24, 2.45) is 11.7 Å². The van der Waals surface area contributed by atoms with Gasteiger partial charge in [0.2, 0.25) is 27.7 Å². The lowest BCUT2D eigenvalue weighted by Crippen LogP contribution is -2.57. The van der Waals surface area contributed by atoms with E-state index in [1.165, 1.54) is 4.90 Å². The minimum absolute atomic E-state index is 0.00768. The molecule has 3 fully saturated rings. The van der Waals surface area contributed by atoms with Crippen molar-refractivity contribution in [1.82, 2.24) is 25.2 Å². The van der Waals surface area contributed by atoms with E-state index in [1.807, 2.05) is 6.07 Å². The van der Waals surface area contributed by atoms with Crippen LogP contribution in [0.5, 0.6) is 0 Å². The topological polar surface area (TPSA) is 154 Å². The molecule has 5 N–H and O–H groups in total. The van der Waals surface area contributed by atoms with Crippen LogP contribution < -0.4 is 21.1 Å². The molecule has 2 aromatic rings. The molecular weight excluding hydrogens is 604 g/mol. The summed E-state index contributed by atoms with van der Waals surface area (Å²) in [4.78, 5) is 44.6. The summed E-state index contributed by atoms with van der Waals surface area (Å²) in [6, 6.07) is 13.2. The number of hydrogen-bond donors (Lipinski definition) is 4. The van der Waals surface area contributed by atoms with Crippen molar-refractivity contribution in [3.63, 3.8) is 0 Å². The van der Waals surface area contributed by atoms with E-state index in [2.05, 4.69) is 15.4 Å². The van der Waals surface area contributed by atoms with Gasteiger partial charge in [-0.05, 0) is 74.0 Å². The quantitative estimate of drug-likeness (QED) is 0.289. The molecule has 5 rings (SSSR count). The van der Waals surface area contributed by atoms with E-state index in [9.17, 15) is 22.8 Å². The van der Waals surface area contributed by atoms with Gasteiger partial charge >= 0.3 is 0 Å². The Kier molecular flexibility index (Phi) is 9.96. The lowest BCUT2D eigenvalue weighted by Gasteiger charge is -2.33. The van der Waals surface area contributed by atoms with Gasteiger partial charge in [0, 0.05) is 37.7 Å². The summed E-state index contributed by atoms with van der Waals surface area (Å²) in [5, 5.41) is 6.71. The zero-order valence-corrected chi connectivity index (χ0v) is 26.5. The molecular formula is C31H41ClN6O5S. The molecule has 3 atom stereocenters. The van der Waals surface area contributed by atoms with Crippen LogP contribution in [0.1, 0.15) is 48.8 Å². The molecule has 0 radical (unpaired) electrons. The number of nitrogens with two attached hydrogens (primary N) is 1. The van der Waals surface area contributed by atoms with Gasteiger partial charge < -0.3 is 26.2 Å². The predicted octanol–water partition coefficient (Wildman–Crippen LogP) is 1.49. The van der Waals surface area contributed by atoms with Crippen LogP contribution in [0, 0.1) is 5.92 Å². The molecule has 1 aliphatic carbocycles. The third-order valence-corrected chi connectivity index (χ3v) is 10.7. The molecule has 2 heterocycles. The summed E-state index contributed by atoms with van der Waals surface area (Å²) in [5.41, 5.74) is 6.40. The highest BCUT2D eigenvalue weighted by atomic mass is 35.5. The van der Waals surface area contributed by atoms with Gasteiger partial charge in [-0.3, -0.25) is 14.4 Å². The van der Waals surface area contributed by atoms with Crippen molar-refractivity contribution < 1.29 is 22.8 Å². The molecule has 11 nitrogen and oxygen atoms in total. The maximum absolute atomic E-state index is 14.3. The minimum Gasteiger partial charge on any atom is -0.350 e. The zero-order valence-electron chi connectivity index (χ0n) is 24.9. The fourth-order valence-electron chi connectivity index (χ4n) is 6.48. The average Bonchev–Trinajstić information content (AvgIpc) is 3.51. The van der Waals surface area contributed by atoms with E-state index >= 15 is 0 Å². The molecule has 0 spiro atoms. The van der Waals surface area contributed by atoms with Gasteiger partial charge in [0.25, 0.3) is 0 Å². The number of halogens is 1. The molecule has 3 amide bonds. The Morgan fingerprint density at radius 3 is 2.52 bits per heavy atom. The predicted molar refractivity (Wildman–Crippen MR) is 168 cm³/mol. The monoisotopic (exact) mass is 644 g/mol. The second-order valence-electron chi connectivity index (χ2n) is 12.0. The van der Waals surface area contributed by atoms with Crippen molar-refractivity contribution in [3.05, 3.63) is 70.2 Å². The van der Waals surface area contributed by atoms with Crippen LogP contribution in [0.25, 0.3) is 0 Å². The molecule has 1 unspecified atom stereocenters. The summed E-state index contributed by atoms with van der Waals surface area (Å²) in [6.07, 6.45) is 2.61. The number of sulfonamides is 1.